The molecular formula is C15H24ClNO. The fourth-order valence-corrected chi connectivity index (χ4v) is 1.81. The lowest BCUT2D eigenvalue weighted by Crippen LogP contribution is -2.23. The number of nitrogens with two attached hydrogens (primary N) is 1. The molecule has 0 aromatic heterocycles. The fraction of sp³-hybridized carbons (Fsp3) is 0.600. The monoisotopic (exact) mass is 269 g/mol. The van der Waals surface area contributed by atoms with E-state index in [1.807, 2.05) is 24.3 Å². The van der Waals surface area contributed by atoms with Gasteiger partial charge in [0.1, 0.15) is 0 Å². The van der Waals surface area contributed by atoms with Crippen molar-refractivity contribution < 1.29 is 4.74 Å². The molecule has 1 aromatic carbocycles. The maximum atomic E-state index is 5.82. The molecule has 0 aliphatic heterocycles. The van der Waals surface area contributed by atoms with Crippen LogP contribution in [0, 0.1) is 5.41 Å². The summed E-state index contributed by atoms with van der Waals surface area (Å²) in [7, 11) is 0. The second kappa shape index (κ2) is 7.78. The number of halogens is 1. The summed E-state index contributed by atoms with van der Waals surface area (Å²) in [6, 6.07) is 7.79. The normalized spacial score (nSPS) is 11.8. The van der Waals surface area contributed by atoms with Gasteiger partial charge in [-0.25, -0.2) is 0 Å². The van der Waals surface area contributed by atoms with Crippen LogP contribution in [-0.2, 0) is 11.3 Å². The first-order chi connectivity index (χ1) is 8.53. The Kier molecular flexibility index (Phi) is 6.69. The molecule has 1 rings (SSSR count). The molecule has 0 aliphatic carbocycles. The SMILES string of the molecule is CC(C)(CN)CCCCOCc1ccc(Cl)cc1. The minimum atomic E-state index is 0.260. The van der Waals surface area contributed by atoms with Gasteiger partial charge in [0.2, 0.25) is 0 Å². The van der Waals surface area contributed by atoms with Gasteiger partial charge in [0.05, 0.1) is 6.61 Å². The van der Waals surface area contributed by atoms with E-state index in [1.54, 1.807) is 0 Å². The van der Waals surface area contributed by atoms with Gasteiger partial charge in [-0.3, -0.25) is 0 Å². The number of hydrogen-bond acceptors (Lipinski definition) is 2. The Hall–Kier alpha value is -0.570. The smallest absolute Gasteiger partial charge is 0.0716 e. The van der Waals surface area contributed by atoms with Crippen molar-refractivity contribution in [3.05, 3.63) is 34.9 Å². The molecule has 102 valence electrons. The summed E-state index contributed by atoms with van der Waals surface area (Å²) in [4.78, 5) is 0. The number of benzene rings is 1. The topological polar surface area (TPSA) is 35.2 Å². The standard InChI is InChI=1S/C15H24ClNO/c1-15(2,12-17)9-3-4-10-18-11-13-5-7-14(16)8-6-13/h5-8H,3-4,9-12,17H2,1-2H3. The minimum Gasteiger partial charge on any atom is -0.377 e. The van der Waals surface area contributed by atoms with E-state index in [1.165, 1.54) is 12.0 Å². The third-order valence-corrected chi connectivity index (χ3v) is 3.38. The summed E-state index contributed by atoms with van der Waals surface area (Å²) in [6.07, 6.45) is 3.43. The molecule has 18 heavy (non-hydrogen) atoms. The average molecular weight is 270 g/mol. The van der Waals surface area contributed by atoms with Crippen molar-refractivity contribution in [1.82, 2.24) is 0 Å². The summed E-state index contributed by atoms with van der Waals surface area (Å²) in [5, 5.41) is 0.766. The van der Waals surface area contributed by atoms with Crippen LogP contribution in [0.4, 0.5) is 0 Å². The van der Waals surface area contributed by atoms with Gasteiger partial charge in [0.15, 0.2) is 0 Å². The van der Waals surface area contributed by atoms with Gasteiger partial charge in [-0.1, -0.05) is 44.0 Å². The van der Waals surface area contributed by atoms with E-state index in [2.05, 4.69) is 13.8 Å². The Labute approximate surface area is 115 Å². The van der Waals surface area contributed by atoms with Crippen LogP contribution in [-0.4, -0.2) is 13.2 Å². The quantitative estimate of drug-likeness (QED) is 0.724. The molecule has 0 aliphatic rings. The molecule has 0 spiro atoms. The Morgan fingerprint density at radius 1 is 1.17 bits per heavy atom. The molecular weight excluding hydrogens is 246 g/mol. The summed E-state index contributed by atoms with van der Waals surface area (Å²) in [6.45, 7) is 6.64. The van der Waals surface area contributed by atoms with E-state index in [4.69, 9.17) is 22.1 Å². The Morgan fingerprint density at radius 3 is 2.44 bits per heavy atom. The van der Waals surface area contributed by atoms with Gasteiger partial charge in [0, 0.05) is 11.6 Å². The lowest BCUT2D eigenvalue weighted by atomic mass is 9.87. The Balaban J connectivity index is 2.07. The molecule has 1 aromatic rings. The summed E-state index contributed by atoms with van der Waals surface area (Å²) in [5.74, 6) is 0. The molecule has 2 nitrogen and oxygen atoms in total. The van der Waals surface area contributed by atoms with Crippen molar-refractivity contribution in [1.29, 1.82) is 0 Å². The molecule has 0 amide bonds. The highest BCUT2D eigenvalue weighted by Crippen LogP contribution is 2.21. The highest BCUT2D eigenvalue weighted by Gasteiger charge is 2.14. The third kappa shape index (κ3) is 6.39. The zero-order valence-corrected chi connectivity index (χ0v) is 12.2. The second-order valence-corrected chi connectivity index (χ2v) is 5.94. The number of unbranched alkanes of at least 4 members (excludes halogenated alkanes) is 1. The van der Waals surface area contributed by atoms with Crippen LogP contribution in [0.3, 0.4) is 0 Å². The first-order valence-electron chi connectivity index (χ1n) is 6.56. The van der Waals surface area contributed by atoms with Crippen LogP contribution >= 0.6 is 11.6 Å². The molecule has 0 radical (unpaired) electrons. The molecule has 3 heteroatoms. The maximum Gasteiger partial charge on any atom is 0.0716 e. The predicted octanol–water partition coefficient (Wildman–Crippen LogP) is 4.01. The van der Waals surface area contributed by atoms with Gasteiger partial charge >= 0.3 is 0 Å². The van der Waals surface area contributed by atoms with Crippen LogP contribution in [0.5, 0.6) is 0 Å². The summed E-state index contributed by atoms with van der Waals surface area (Å²) >= 11 is 5.82. The molecule has 0 saturated carbocycles. The fourth-order valence-electron chi connectivity index (χ4n) is 1.68. The number of rotatable bonds is 8. The van der Waals surface area contributed by atoms with Crippen LogP contribution in [0.2, 0.25) is 5.02 Å². The molecule has 2 N–H and O–H groups in total. The first-order valence-corrected chi connectivity index (χ1v) is 6.93. The van der Waals surface area contributed by atoms with Gasteiger partial charge in [-0.2, -0.15) is 0 Å². The maximum absolute atomic E-state index is 5.82. The van der Waals surface area contributed by atoms with Crippen molar-refractivity contribution in [3.63, 3.8) is 0 Å². The summed E-state index contributed by atoms with van der Waals surface area (Å²) < 4.78 is 5.63. The van der Waals surface area contributed by atoms with Crippen LogP contribution in [0.25, 0.3) is 0 Å². The molecule has 0 saturated heterocycles. The van der Waals surface area contributed by atoms with Crippen molar-refractivity contribution in [2.24, 2.45) is 11.1 Å². The summed E-state index contributed by atoms with van der Waals surface area (Å²) in [5.41, 5.74) is 7.12. The van der Waals surface area contributed by atoms with Crippen molar-refractivity contribution in [2.45, 2.75) is 39.7 Å². The average Bonchev–Trinajstić information content (AvgIpc) is 2.36. The van der Waals surface area contributed by atoms with Gasteiger partial charge in [-0.05, 0) is 42.5 Å². The second-order valence-electron chi connectivity index (χ2n) is 5.50. The van der Waals surface area contributed by atoms with Crippen molar-refractivity contribution >= 4 is 11.6 Å². The highest BCUT2D eigenvalue weighted by atomic mass is 35.5. The van der Waals surface area contributed by atoms with E-state index in [9.17, 15) is 0 Å². The van der Waals surface area contributed by atoms with E-state index < -0.39 is 0 Å². The molecule has 0 bridgehead atoms. The van der Waals surface area contributed by atoms with Crippen LogP contribution in [0.15, 0.2) is 24.3 Å². The molecule has 0 fully saturated rings. The lowest BCUT2D eigenvalue weighted by molar-refractivity contribution is 0.114. The molecule has 0 atom stereocenters. The zero-order chi connectivity index (χ0) is 13.4. The highest BCUT2D eigenvalue weighted by molar-refractivity contribution is 6.30. The van der Waals surface area contributed by atoms with E-state index >= 15 is 0 Å². The van der Waals surface area contributed by atoms with Crippen LogP contribution < -0.4 is 5.73 Å². The minimum absolute atomic E-state index is 0.260. The van der Waals surface area contributed by atoms with E-state index in [0.29, 0.717) is 6.61 Å². The molecule has 0 heterocycles. The van der Waals surface area contributed by atoms with E-state index in [0.717, 1.165) is 31.0 Å². The third-order valence-electron chi connectivity index (χ3n) is 3.13. The number of hydrogen-bond donors (Lipinski definition) is 1. The molecule has 0 unspecified atom stereocenters. The van der Waals surface area contributed by atoms with Crippen molar-refractivity contribution in [3.8, 4) is 0 Å². The Bertz CT molecular complexity index is 335. The zero-order valence-electron chi connectivity index (χ0n) is 11.4. The van der Waals surface area contributed by atoms with Gasteiger partial charge < -0.3 is 10.5 Å². The van der Waals surface area contributed by atoms with Gasteiger partial charge in [-0.15, -0.1) is 0 Å². The predicted molar refractivity (Wildman–Crippen MR) is 77.8 cm³/mol. The number of ether oxygens (including phenoxy) is 1. The lowest BCUT2D eigenvalue weighted by Gasteiger charge is -2.21. The first kappa shape index (κ1) is 15.5. The van der Waals surface area contributed by atoms with Gasteiger partial charge in [0.25, 0.3) is 0 Å². The van der Waals surface area contributed by atoms with E-state index in [-0.39, 0.29) is 5.41 Å². The largest absolute Gasteiger partial charge is 0.377 e. The van der Waals surface area contributed by atoms with Crippen molar-refractivity contribution in [2.75, 3.05) is 13.2 Å². The Morgan fingerprint density at radius 2 is 1.83 bits per heavy atom. The van der Waals surface area contributed by atoms with Crippen LogP contribution in [0.1, 0.15) is 38.7 Å².